The van der Waals surface area contributed by atoms with Gasteiger partial charge in [0, 0.05) is 12.0 Å². The Kier molecular flexibility index (Phi) is 5.09. The molecule has 0 aliphatic heterocycles. The van der Waals surface area contributed by atoms with E-state index in [1.807, 2.05) is 60.7 Å². The molecule has 3 aromatic rings. The van der Waals surface area contributed by atoms with Crippen molar-refractivity contribution < 1.29 is 9.53 Å². The van der Waals surface area contributed by atoms with Crippen LogP contribution in [0.1, 0.15) is 28.4 Å². The second-order valence-electron chi connectivity index (χ2n) is 5.66. The molecule has 0 radical (unpaired) electrons. The molecule has 1 aromatic heterocycles. The second kappa shape index (κ2) is 7.62. The Morgan fingerprint density at radius 1 is 1.00 bits per heavy atom. The zero-order valence-electron chi connectivity index (χ0n) is 14.0. The highest BCUT2D eigenvalue weighted by Gasteiger charge is 2.17. The third-order valence-electron chi connectivity index (χ3n) is 3.91. The molecule has 4 nitrogen and oxygen atoms in total. The molecule has 1 N–H and O–H groups in total. The number of rotatable bonds is 5. The van der Waals surface area contributed by atoms with E-state index in [9.17, 15) is 9.59 Å². The molecule has 0 amide bonds. The summed E-state index contributed by atoms with van der Waals surface area (Å²) < 4.78 is 5.17. The Morgan fingerprint density at radius 3 is 2.28 bits per heavy atom. The van der Waals surface area contributed by atoms with Crippen molar-refractivity contribution in [3.8, 4) is 11.3 Å². The van der Waals surface area contributed by atoms with Gasteiger partial charge in [0.25, 0.3) is 5.56 Å². The summed E-state index contributed by atoms with van der Waals surface area (Å²) >= 11 is 0. The van der Waals surface area contributed by atoms with Crippen LogP contribution in [-0.4, -0.2) is 17.6 Å². The summed E-state index contributed by atoms with van der Waals surface area (Å²) in [6, 6.07) is 20.6. The van der Waals surface area contributed by atoms with Crippen LogP contribution < -0.4 is 5.56 Å². The molecule has 3 rings (SSSR count). The maximum absolute atomic E-state index is 12.5. The third-order valence-corrected chi connectivity index (χ3v) is 3.91. The molecule has 0 aliphatic rings. The highest BCUT2D eigenvalue weighted by atomic mass is 16.5. The van der Waals surface area contributed by atoms with E-state index in [-0.39, 0.29) is 12.2 Å². The molecule has 0 aliphatic carbocycles. The number of carbonyl (C=O) groups excluding carboxylic acids is 1. The summed E-state index contributed by atoms with van der Waals surface area (Å²) in [5, 5.41) is 0. The Labute approximate surface area is 146 Å². The maximum atomic E-state index is 12.5. The summed E-state index contributed by atoms with van der Waals surface area (Å²) in [6.07, 6.45) is 0.456. The quantitative estimate of drug-likeness (QED) is 0.722. The monoisotopic (exact) mass is 333 g/mol. The average Bonchev–Trinajstić information content (AvgIpc) is 2.65. The minimum Gasteiger partial charge on any atom is -0.462 e. The van der Waals surface area contributed by atoms with Crippen molar-refractivity contribution in [2.24, 2.45) is 0 Å². The van der Waals surface area contributed by atoms with E-state index >= 15 is 0 Å². The molecule has 0 spiro atoms. The van der Waals surface area contributed by atoms with E-state index in [1.54, 1.807) is 13.0 Å². The summed E-state index contributed by atoms with van der Waals surface area (Å²) in [5.41, 5.74) is 2.98. The van der Waals surface area contributed by atoms with Crippen LogP contribution in [0.4, 0.5) is 0 Å². The van der Waals surface area contributed by atoms with E-state index < -0.39 is 5.97 Å². The number of esters is 1. The first-order valence-electron chi connectivity index (χ1n) is 8.21. The van der Waals surface area contributed by atoms with Crippen LogP contribution in [0.5, 0.6) is 0 Å². The van der Waals surface area contributed by atoms with Crippen molar-refractivity contribution >= 4 is 5.97 Å². The fraction of sp³-hybridized carbons (Fsp3) is 0.143. The predicted octanol–water partition coefficient (Wildman–Crippen LogP) is 3.81. The minimum absolute atomic E-state index is 0.198. The Balaban J connectivity index is 2.09. The number of nitrogens with one attached hydrogen (secondary N) is 1. The van der Waals surface area contributed by atoms with Crippen molar-refractivity contribution in [1.82, 2.24) is 4.98 Å². The van der Waals surface area contributed by atoms with Gasteiger partial charge in [-0.25, -0.2) is 4.79 Å². The summed E-state index contributed by atoms with van der Waals surface area (Å²) in [4.78, 5) is 27.8. The van der Waals surface area contributed by atoms with Crippen LogP contribution in [0.2, 0.25) is 0 Å². The van der Waals surface area contributed by atoms with Gasteiger partial charge >= 0.3 is 5.97 Å². The van der Waals surface area contributed by atoms with Gasteiger partial charge in [0.15, 0.2) is 0 Å². The van der Waals surface area contributed by atoms with Crippen LogP contribution >= 0.6 is 0 Å². The Morgan fingerprint density at radius 2 is 1.64 bits per heavy atom. The average molecular weight is 333 g/mol. The van der Waals surface area contributed by atoms with Gasteiger partial charge in [-0.2, -0.15) is 0 Å². The lowest BCUT2D eigenvalue weighted by atomic mass is 10.0. The van der Waals surface area contributed by atoms with E-state index in [2.05, 4.69) is 4.98 Å². The molecule has 0 saturated carbocycles. The number of aromatic nitrogens is 1. The zero-order valence-corrected chi connectivity index (χ0v) is 14.0. The molecule has 0 fully saturated rings. The molecule has 4 heteroatoms. The van der Waals surface area contributed by atoms with Crippen molar-refractivity contribution in [3.05, 3.63) is 93.8 Å². The molecule has 0 saturated heterocycles. The topological polar surface area (TPSA) is 59.2 Å². The van der Waals surface area contributed by atoms with Crippen LogP contribution in [0.3, 0.4) is 0 Å². The first-order chi connectivity index (χ1) is 12.2. The fourth-order valence-electron chi connectivity index (χ4n) is 2.72. The molecule has 126 valence electrons. The van der Waals surface area contributed by atoms with Gasteiger partial charge in [-0.1, -0.05) is 60.7 Å². The first-order valence-corrected chi connectivity index (χ1v) is 8.21. The lowest BCUT2D eigenvalue weighted by Gasteiger charge is -2.11. The molecule has 1 heterocycles. The molecule has 0 unspecified atom stereocenters. The lowest BCUT2D eigenvalue weighted by molar-refractivity contribution is 0.0526. The molecular formula is C21H19NO3. The van der Waals surface area contributed by atoms with Crippen LogP contribution in [0, 0.1) is 0 Å². The van der Waals surface area contributed by atoms with E-state index in [1.165, 1.54) is 0 Å². The van der Waals surface area contributed by atoms with E-state index in [4.69, 9.17) is 4.74 Å². The molecule has 25 heavy (non-hydrogen) atoms. The van der Waals surface area contributed by atoms with Crippen molar-refractivity contribution in [2.45, 2.75) is 13.3 Å². The van der Waals surface area contributed by atoms with Crippen LogP contribution in [0.15, 0.2) is 71.5 Å². The van der Waals surface area contributed by atoms with E-state index in [0.29, 0.717) is 23.2 Å². The van der Waals surface area contributed by atoms with Crippen molar-refractivity contribution in [3.63, 3.8) is 0 Å². The maximum Gasteiger partial charge on any atom is 0.340 e. The van der Waals surface area contributed by atoms with Gasteiger partial charge < -0.3 is 9.72 Å². The van der Waals surface area contributed by atoms with Gasteiger partial charge in [0.05, 0.1) is 17.9 Å². The van der Waals surface area contributed by atoms with Crippen LogP contribution in [0.25, 0.3) is 11.3 Å². The third kappa shape index (κ3) is 3.86. The Bertz CT molecular complexity index is 915. The summed E-state index contributed by atoms with van der Waals surface area (Å²) in [6.45, 7) is 2.04. The number of hydrogen-bond acceptors (Lipinski definition) is 3. The summed E-state index contributed by atoms with van der Waals surface area (Å²) in [7, 11) is 0. The van der Waals surface area contributed by atoms with Gasteiger partial charge in [0.2, 0.25) is 0 Å². The number of ether oxygens (including phenoxy) is 1. The van der Waals surface area contributed by atoms with Crippen LogP contribution in [-0.2, 0) is 11.2 Å². The van der Waals surface area contributed by atoms with Crippen molar-refractivity contribution in [1.29, 1.82) is 0 Å². The standard InChI is InChI=1S/C21H19NO3/c1-2-25-21(24)18-14-17(13-15-9-5-3-6-10-15)20(23)22-19(18)16-11-7-4-8-12-16/h3-12,14H,2,13H2,1H3,(H,22,23). The van der Waals surface area contributed by atoms with Gasteiger partial charge in [-0.15, -0.1) is 0 Å². The van der Waals surface area contributed by atoms with Gasteiger partial charge in [-0.05, 0) is 24.1 Å². The number of carbonyl (C=O) groups is 1. The molecule has 2 aromatic carbocycles. The number of pyridine rings is 1. The SMILES string of the molecule is CCOC(=O)c1cc(Cc2ccccc2)c(=O)[nH]c1-c1ccccc1. The number of benzene rings is 2. The first kappa shape index (κ1) is 16.7. The molecule has 0 atom stereocenters. The number of hydrogen-bond donors (Lipinski definition) is 1. The number of aromatic amines is 1. The smallest absolute Gasteiger partial charge is 0.340 e. The van der Waals surface area contributed by atoms with Gasteiger partial charge in [0.1, 0.15) is 0 Å². The fourth-order valence-corrected chi connectivity index (χ4v) is 2.72. The van der Waals surface area contributed by atoms with Crippen molar-refractivity contribution in [2.75, 3.05) is 6.61 Å². The minimum atomic E-state index is -0.438. The molecular weight excluding hydrogens is 314 g/mol. The number of H-pyrrole nitrogens is 1. The normalized spacial score (nSPS) is 10.4. The van der Waals surface area contributed by atoms with E-state index in [0.717, 1.165) is 11.1 Å². The lowest BCUT2D eigenvalue weighted by Crippen LogP contribution is -2.18. The zero-order chi connectivity index (χ0) is 17.6. The summed E-state index contributed by atoms with van der Waals surface area (Å²) in [5.74, 6) is -0.438. The molecule has 0 bridgehead atoms. The predicted molar refractivity (Wildman–Crippen MR) is 97.7 cm³/mol. The largest absolute Gasteiger partial charge is 0.462 e. The van der Waals surface area contributed by atoms with Gasteiger partial charge in [-0.3, -0.25) is 4.79 Å². The highest BCUT2D eigenvalue weighted by molar-refractivity contribution is 5.96. The Hall–Kier alpha value is -3.14. The second-order valence-corrected chi connectivity index (χ2v) is 5.66. The highest BCUT2D eigenvalue weighted by Crippen LogP contribution is 2.22.